The summed E-state index contributed by atoms with van der Waals surface area (Å²) >= 11 is 0. The summed E-state index contributed by atoms with van der Waals surface area (Å²) in [5, 5.41) is 3.33. The molecule has 2 aromatic rings. The number of hydrogen-bond donors (Lipinski definition) is 1. The molecule has 1 heterocycles. The summed E-state index contributed by atoms with van der Waals surface area (Å²) in [6.45, 7) is 0.761. The predicted octanol–water partition coefficient (Wildman–Crippen LogP) is 2.20. The fourth-order valence-electron chi connectivity index (χ4n) is 2.04. The van der Waals surface area contributed by atoms with Crippen molar-refractivity contribution in [2.75, 3.05) is 33.1 Å². The molecule has 5 nitrogen and oxygen atoms in total. The molecule has 0 aliphatic heterocycles. The molecule has 1 aromatic heterocycles. The lowest BCUT2D eigenvalue weighted by molar-refractivity contribution is 0.310. The zero-order chi connectivity index (χ0) is 14.4. The van der Waals surface area contributed by atoms with E-state index in [2.05, 4.69) is 46.4 Å². The fourth-order valence-corrected chi connectivity index (χ4v) is 2.04. The average Bonchev–Trinajstić information content (AvgIpc) is 2.48. The van der Waals surface area contributed by atoms with Gasteiger partial charge in [0.1, 0.15) is 17.9 Å². The largest absolute Gasteiger partial charge is 0.497 e. The molecule has 106 valence electrons. The summed E-state index contributed by atoms with van der Waals surface area (Å²) in [5.74, 6) is 1.70. The van der Waals surface area contributed by atoms with Gasteiger partial charge in [0.25, 0.3) is 0 Å². The van der Waals surface area contributed by atoms with Crippen LogP contribution < -0.4 is 10.1 Å². The Hall–Kier alpha value is -2.14. The van der Waals surface area contributed by atoms with E-state index in [4.69, 9.17) is 4.74 Å². The molecule has 0 radical (unpaired) electrons. The summed E-state index contributed by atoms with van der Waals surface area (Å²) in [6, 6.07) is 10.2. The van der Waals surface area contributed by atoms with Crippen molar-refractivity contribution in [3.05, 3.63) is 48.4 Å². The molecular weight excluding hydrogens is 252 g/mol. The second kappa shape index (κ2) is 6.86. The number of rotatable bonds is 6. The fraction of sp³-hybridized carbons (Fsp3) is 0.333. The highest BCUT2D eigenvalue weighted by atomic mass is 16.5. The number of nitrogens with one attached hydrogen (secondary N) is 1. The SMILES string of the molecule is COc1cccc(C(CNc2ccncn2)N(C)C)c1. The first-order chi connectivity index (χ1) is 9.70. The first kappa shape index (κ1) is 14.3. The van der Waals surface area contributed by atoms with Crippen molar-refractivity contribution in [2.45, 2.75) is 6.04 Å². The Morgan fingerprint density at radius 1 is 1.30 bits per heavy atom. The molecule has 1 aromatic carbocycles. The van der Waals surface area contributed by atoms with Crippen molar-refractivity contribution in [2.24, 2.45) is 0 Å². The van der Waals surface area contributed by atoms with Crippen LogP contribution in [0.15, 0.2) is 42.9 Å². The van der Waals surface area contributed by atoms with Crippen molar-refractivity contribution < 1.29 is 4.74 Å². The molecule has 0 bridgehead atoms. The van der Waals surface area contributed by atoms with Crippen LogP contribution >= 0.6 is 0 Å². The van der Waals surface area contributed by atoms with Gasteiger partial charge in [-0.1, -0.05) is 12.1 Å². The Bertz CT molecular complexity index is 530. The van der Waals surface area contributed by atoms with Crippen molar-refractivity contribution in [1.29, 1.82) is 0 Å². The van der Waals surface area contributed by atoms with Crippen molar-refractivity contribution in [3.8, 4) is 5.75 Å². The van der Waals surface area contributed by atoms with Gasteiger partial charge in [0.2, 0.25) is 0 Å². The molecule has 5 heteroatoms. The molecule has 0 amide bonds. The van der Waals surface area contributed by atoms with Gasteiger partial charge in [0.15, 0.2) is 0 Å². The van der Waals surface area contributed by atoms with Crippen molar-refractivity contribution >= 4 is 5.82 Å². The second-order valence-electron chi connectivity index (χ2n) is 4.73. The van der Waals surface area contributed by atoms with E-state index in [1.807, 2.05) is 18.2 Å². The van der Waals surface area contributed by atoms with Gasteiger partial charge in [-0.2, -0.15) is 0 Å². The van der Waals surface area contributed by atoms with Gasteiger partial charge < -0.3 is 15.0 Å². The third-order valence-corrected chi connectivity index (χ3v) is 3.16. The second-order valence-corrected chi connectivity index (χ2v) is 4.73. The maximum atomic E-state index is 5.29. The molecule has 2 rings (SSSR count). The number of ether oxygens (including phenoxy) is 1. The monoisotopic (exact) mass is 272 g/mol. The number of benzene rings is 1. The van der Waals surface area contributed by atoms with Gasteiger partial charge in [-0.3, -0.25) is 0 Å². The van der Waals surface area contributed by atoms with Crippen LogP contribution in [-0.2, 0) is 0 Å². The molecule has 1 unspecified atom stereocenters. The van der Waals surface area contributed by atoms with E-state index in [-0.39, 0.29) is 6.04 Å². The number of aromatic nitrogens is 2. The smallest absolute Gasteiger partial charge is 0.129 e. The number of methoxy groups -OCH3 is 1. The maximum Gasteiger partial charge on any atom is 0.129 e. The Labute approximate surface area is 119 Å². The van der Waals surface area contributed by atoms with Crippen LogP contribution in [0.25, 0.3) is 0 Å². The highest BCUT2D eigenvalue weighted by Gasteiger charge is 2.14. The van der Waals surface area contributed by atoms with Gasteiger partial charge in [0, 0.05) is 12.7 Å². The summed E-state index contributed by atoms with van der Waals surface area (Å²) in [7, 11) is 5.81. The Balaban J connectivity index is 2.10. The topological polar surface area (TPSA) is 50.3 Å². The zero-order valence-corrected chi connectivity index (χ0v) is 12.1. The summed E-state index contributed by atoms with van der Waals surface area (Å²) in [5.41, 5.74) is 1.20. The van der Waals surface area contributed by atoms with Gasteiger partial charge in [-0.05, 0) is 37.9 Å². The lowest BCUT2D eigenvalue weighted by Gasteiger charge is -2.25. The molecule has 1 N–H and O–H groups in total. The van der Waals surface area contributed by atoms with Crippen LogP contribution in [0.5, 0.6) is 5.75 Å². The van der Waals surface area contributed by atoms with Crippen LogP contribution in [0.4, 0.5) is 5.82 Å². The third-order valence-electron chi connectivity index (χ3n) is 3.16. The predicted molar refractivity (Wildman–Crippen MR) is 79.9 cm³/mol. The summed E-state index contributed by atoms with van der Waals surface area (Å²) in [4.78, 5) is 10.3. The highest BCUT2D eigenvalue weighted by molar-refractivity contribution is 5.35. The zero-order valence-electron chi connectivity index (χ0n) is 12.1. The Kier molecular flexibility index (Phi) is 4.90. The van der Waals surface area contributed by atoms with Crippen LogP contribution in [0.2, 0.25) is 0 Å². The van der Waals surface area contributed by atoms with Gasteiger partial charge in [-0.15, -0.1) is 0 Å². The van der Waals surface area contributed by atoms with E-state index in [1.54, 1.807) is 19.6 Å². The quantitative estimate of drug-likeness (QED) is 0.873. The Morgan fingerprint density at radius 2 is 2.15 bits per heavy atom. The maximum absolute atomic E-state index is 5.29. The van der Waals surface area contributed by atoms with Gasteiger partial charge in [-0.25, -0.2) is 9.97 Å². The lowest BCUT2D eigenvalue weighted by atomic mass is 10.1. The van der Waals surface area contributed by atoms with E-state index in [9.17, 15) is 0 Å². The van der Waals surface area contributed by atoms with Crippen LogP contribution in [0, 0.1) is 0 Å². The number of hydrogen-bond acceptors (Lipinski definition) is 5. The molecule has 1 atom stereocenters. The number of likely N-dealkylation sites (N-methyl/N-ethyl adjacent to an activating group) is 1. The molecule has 0 spiro atoms. The lowest BCUT2D eigenvalue weighted by Crippen LogP contribution is -2.27. The van der Waals surface area contributed by atoms with E-state index in [0.29, 0.717) is 0 Å². The highest BCUT2D eigenvalue weighted by Crippen LogP contribution is 2.22. The summed E-state index contributed by atoms with van der Waals surface area (Å²) < 4.78 is 5.29. The summed E-state index contributed by atoms with van der Waals surface area (Å²) in [6.07, 6.45) is 3.27. The molecule has 0 fully saturated rings. The van der Waals surface area contributed by atoms with Gasteiger partial charge >= 0.3 is 0 Å². The first-order valence-corrected chi connectivity index (χ1v) is 6.51. The standard InChI is InChI=1S/C15H20N4O/c1-19(2)14(10-17-15-7-8-16-11-18-15)12-5-4-6-13(9-12)20-3/h4-9,11,14H,10H2,1-3H3,(H,16,17,18). The molecule has 20 heavy (non-hydrogen) atoms. The minimum absolute atomic E-state index is 0.236. The normalized spacial score (nSPS) is 12.2. The average molecular weight is 272 g/mol. The minimum atomic E-state index is 0.236. The molecule has 0 saturated heterocycles. The number of nitrogens with zero attached hydrogens (tertiary/aromatic N) is 3. The molecular formula is C15H20N4O. The van der Waals surface area contributed by atoms with Gasteiger partial charge in [0.05, 0.1) is 13.2 Å². The van der Waals surface area contributed by atoms with Crippen LogP contribution in [0.3, 0.4) is 0 Å². The van der Waals surface area contributed by atoms with Crippen molar-refractivity contribution in [3.63, 3.8) is 0 Å². The number of anilines is 1. The van der Waals surface area contributed by atoms with Crippen LogP contribution in [-0.4, -0.2) is 42.6 Å². The van der Waals surface area contributed by atoms with E-state index in [0.717, 1.165) is 18.1 Å². The Morgan fingerprint density at radius 3 is 2.80 bits per heavy atom. The van der Waals surface area contributed by atoms with Crippen molar-refractivity contribution in [1.82, 2.24) is 14.9 Å². The van der Waals surface area contributed by atoms with E-state index < -0.39 is 0 Å². The van der Waals surface area contributed by atoms with Crippen LogP contribution in [0.1, 0.15) is 11.6 Å². The van der Waals surface area contributed by atoms with E-state index >= 15 is 0 Å². The molecule has 0 aliphatic rings. The molecule has 0 aliphatic carbocycles. The molecule has 0 saturated carbocycles. The van der Waals surface area contributed by atoms with E-state index in [1.165, 1.54) is 5.56 Å². The minimum Gasteiger partial charge on any atom is -0.497 e. The third kappa shape index (κ3) is 3.68. The first-order valence-electron chi connectivity index (χ1n) is 6.51.